The molecule has 3 rings (SSSR count). The summed E-state index contributed by atoms with van der Waals surface area (Å²) in [6.45, 7) is 3.38. The van der Waals surface area contributed by atoms with Gasteiger partial charge in [-0.25, -0.2) is 4.98 Å². The van der Waals surface area contributed by atoms with Crippen molar-refractivity contribution < 1.29 is 4.79 Å². The monoisotopic (exact) mass is 458 g/mol. The van der Waals surface area contributed by atoms with Gasteiger partial charge in [0.15, 0.2) is 5.96 Å². The van der Waals surface area contributed by atoms with Crippen LogP contribution in [0.3, 0.4) is 0 Å². The van der Waals surface area contributed by atoms with Gasteiger partial charge in [-0.1, -0.05) is 12.8 Å². The molecule has 0 aromatic carbocycles. The van der Waals surface area contributed by atoms with Gasteiger partial charge in [0.25, 0.3) is 5.91 Å². The number of amides is 1. The van der Waals surface area contributed by atoms with Gasteiger partial charge in [-0.05, 0) is 24.7 Å². The van der Waals surface area contributed by atoms with Crippen LogP contribution in [-0.2, 0) is 0 Å². The maximum Gasteiger partial charge on any atom is 0.271 e. The maximum atomic E-state index is 11.9. The van der Waals surface area contributed by atoms with E-state index in [4.69, 9.17) is 0 Å². The van der Waals surface area contributed by atoms with Crippen LogP contribution in [0.25, 0.3) is 0 Å². The number of aromatic nitrogens is 2. The molecule has 1 aliphatic heterocycles. The van der Waals surface area contributed by atoms with E-state index in [0.717, 1.165) is 30.9 Å². The van der Waals surface area contributed by atoms with Gasteiger partial charge in [-0.3, -0.25) is 14.8 Å². The molecule has 1 aliphatic carbocycles. The summed E-state index contributed by atoms with van der Waals surface area (Å²) in [6.07, 6.45) is 9.98. The lowest BCUT2D eigenvalue weighted by molar-refractivity contribution is 0.0949. The average molecular weight is 458 g/mol. The van der Waals surface area contributed by atoms with Crippen LogP contribution >= 0.6 is 24.0 Å². The second kappa shape index (κ2) is 9.88. The van der Waals surface area contributed by atoms with E-state index in [-0.39, 0.29) is 29.9 Å². The molecule has 7 nitrogen and oxygen atoms in total. The fraction of sp³-hybridized carbons (Fsp3) is 0.647. The van der Waals surface area contributed by atoms with E-state index >= 15 is 0 Å². The van der Waals surface area contributed by atoms with E-state index in [2.05, 4.69) is 30.5 Å². The average Bonchev–Trinajstić information content (AvgIpc) is 3.06. The highest BCUT2D eigenvalue weighted by Gasteiger charge is 2.35. The summed E-state index contributed by atoms with van der Waals surface area (Å²) in [7, 11) is 1.82. The van der Waals surface area contributed by atoms with Gasteiger partial charge in [-0.2, -0.15) is 0 Å². The van der Waals surface area contributed by atoms with Gasteiger partial charge < -0.3 is 15.5 Å². The van der Waals surface area contributed by atoms with E-state index in [1.54, 1.807) is 6.20 Å². The summed E-state index contributed by atoms with van der Waals surface area (Å²) in [5, 5.41) is 6.19. The Morgan fingerprint density at radius 3 is 2.48 bits per heavy atom. The molecule has 25 heavy (non-hydrogen) atoms. The zero-order chi connectivity index (χ0) is 16.8. The van der Waals surface area contributed by atoms with Crippen molar-refractivity contribution >= 4 is 35.8 Å². The molecule has 1 aromatic heterocycles. The van der Waals surface area contributed by atoms with Crippen molar-refractivity contribution in [2.75, 3.05) is 33.2 Å². The number of aliphatic imine (C=N–C) groups is 1. The predicted molar refractivity (Wildman–Crippen MR) is 108 cm³/mol. The van der Waals surface area contributed by atoms with Crippen molar-refractivity contribution in [2.24, 2.45) is 16.8 Å². The quantitative estimate of drug-likeness (QED) is 0.310. The molecule has 2 aliphatic rings. The van der Waals surface area contributed by atoms with Crippen LogP contribution in [0.4, 0.5) is 0 Å². The molecule has 0 bridgehead atoms. The number of hydrogen-bond donors (Lipinski definition) is 2. The smallest absolute Gasteiger partial charge is 0.271 e. The first-order valence-electron chi connectivity index (χ1n) is 8.77. The Balaban J connectivity index is 0.00000225. The van der Waals surface area contributed by atoms with Crippen molar-refractivity contribution in [1.29, 1.82) is 0 Å². The molecule has 138 valence electrons. The minimum atomic E-state index is -0.202. The molecule has 2 N–H and O–H groups in total. The number of likely N-dealkylation sites (tertiary alicyclic amines) is 1. The number of rotatable bonds is 4. The minimum Gasteiger partial charge on any atom is -0.354 e. The molecular weight excluding hydrogens is 431 g/mol. The highest BCUT2D eigenvalue weighted by Crippen LogP contribution is 2.35. The van der Waals surface area contributed by atoms with Gasteiger partial charge in [0.05, 0.1) is 6.20 Å². The molecular formula is C17H27IN6O. The summed E-state index contributed by atoms with van der Waals surface area (Å²) >= 11 is 0. The molecule has 2 unspecified atom stereocenters. The van der Waals surface area contributed by atoms with Gasteiger partial charge in [0.1, 0.15) is 5.69 Å². The summed E-state index contributed by atoms with van der Waals surface area (Å²) in [5.41, 5.74) is 0.338. The zero-order valence-electron chi connectivity index (χ0n) is 14.6. The molecule has 2 fully saturated rings. The fourth-order valence-electron chi connectivity index (χ4n) is 3.77. The van der Waals surface area contributed by atoms with Crippen LogP contribution in [0.1, 0.15) is 36.2 Å². The first-order chi connectivity index (χ1) is 11.8. The van der Waals surface area contributed by atoms with E-state index in [1.165, 1.54) is 38.1 Å². The normalized spacial score (nSPS) is 22.8. The Morgan fingerprint density at radius 2 is 1.88 bits per heavy atom. The highest BCUT2D eigenvalue weighted by molar-refractivity contribution is 14.0. The molecule has 2 heterocycles. The first-order valence-corrected chi connectivity index (χ1v) is 8.77. The molecule has 1 amide bonds. The Morgan fingerprint density at radius 1 is 1.20 bits per heavy atom. The fourth-order valence-corrected chi connectivity index (χ4v) is 3.77. The molecule has 1 aromatic rings. The molecule has 2 atom stereocenters. The molecule has 1 saturated heterocycles. The number of fused-ring (bicyclic) bond motifs is 1. The van der Waals surface area contributed by atoms with Crippen LogP contribution in [0.15, 0.2) is 23.6 Å². The second-order valence-corrected chi connectivity index (χ2v) is 6.53. The van der Waals surface area contributed by atoms with E-state index in [9.17, 15) is 4.79 Å². The Hall–Kier alpha value is -1.45. The topological polar surface area (TPSA) is 82.5 Å². The predicted octanol–water partition coefficient (Wildman–Crippen LogP) is 1.52. The molecule has 8 heteroatoms. The second-order valence-electron chi connectivity index (χ2n) is 6.53. The third-order valence-corrected chi connectivity index (χ3v) is 4.98. The number of hydrogen-bond acceptors (Lipinski definition) is 4. The number of carbonyl (C=O) groups excluding carboxylic acids is 1. The van der Waals surface area contributed by atoms with Crippen molar-refractivity contribution in [3.8, 4) is 0 Å². The van der Waals surface area contributed by atoms with Crippen molar-refractivity contribution in [3.05, 3.63) is 24.3 Å². The molecule has 0 radical (unpaired) electrons. The lowest BCUT2D eigenvalue weighted by atomic mass is 9.82. The lowest BCUT2D eigenvalue weighted by Gasteiger charge is -2.22. The highest BCUT2D eigenvalue weighted by atomic mass is 127. The number of nitrogens with zero attached hydrogens (tertiary/aromatic N) is 4. The number of nitrogens with one attached hydrogen (secondary N) is 2. The van der Waals surface area contributed by atoms with Crippen molar-refractivity contribution in [3.63, 3.8) is 0 Å². The number of guanidine groups is 1. The molecule has 1 saturated carbocycles. The third kappa shape index (κ3) is 5.26. The minimum absolute atomic E-state index is 0. The third-order valence-electron chi connectivity index (χ3n) is 4.98. The van der Waals surface area contributed by atoms with Crippen molar-refractivity contribution in [1.82, 2.24) is 25.5 Å². The van der Waals surface area contributed by atoms with Gasteiger partial charge in [-0.15, -0.1) is 24.0 Å². The molecule has 0 spiro atoms. The van der Waals surface area contributed by atoms with E-state index in [1.807, 2.05) is 7.05 Å². The maximum absolute atomic E-state index is 11.9. The van der Waals surface area contributed by atoms with Gasteiger partial charge in [0, 0.05) is 45.6 Å². The van der Waals surface area contributed by atoms with Crippen LogP contribution in [0.2, 0.25) is 0 Å². The van der Waals surface area contributed by atoms with Gasteiger partial charge >= 0.3 is 0 Å². The first kappa shape index (κ1) is 19.9. The summed E-state index contributed by atoms with van der Waals surface area (Å²) < 4.78 is 0. The largest absolute Gasteiger partial charge is 0.354 e. The SMILES string of the molecule is CN=C(NCCNC(=O)c1cnccn1)N1CC2CCCCC2C1.I. The number of halogens is 1. The van der Waals surface area contributed by atoms with Crippen molar-refractivity contribution in [2.45, 2.75) is 25.7 Å². The zero-order valence-corrected chi connectivity index (χ0v) is 17.0. The standard InChI is InChI=1S/C17H26N6O.HI/c1-18-17(23-11-13-4-2-3-5-14(13)12-23)22-9-8-21-16(24)15-10-19-6-7-20-15;/h6-7,10,13-14H,2-5,8-9,11-12H2,1H3,(H,18,22)(H,21,24);1H. The Labute approximate surface area is 166 Å². The Bertz CT molecular complexity index is 568. The summed E-state index contributed by atoms with van der Waals surface area (Å²) in [5.74, 6) is 2.40. The van der Waals surface area contributed by atoms with Gasteiger partial charge in [0.2, 0.25) is 0 Å². The van der Waals surface area contributed by atoms with Crippen LogP contribution in [0.5, 0.6) is 0 Å². The van der Waals surface area contributed by atoms with Crippen LogP contribution < -0.4 is 10.6 Å². The Kier molecular flexibility index (Phi) is 7.86. The lowest BCUT2D eigenvalue weighted by Crippen LogP contribution is -2.43. The van der Waals surface area contributed by atoms with E-state index < -0.39 is 0 Å². The van der Waals surface area contributed by atoms with Crippen LogP contribution in [0, 0.1) is 11.8 Å². The van der Waals surface area contributed by atoms with E-state index in [0.29, 0.717) is 18.8 Å². The van der Waals surface area contributed by atoms with Crippen LogP contribution in [-0.4, -0.2) is 60.0 Å². The summed E-state index contributed by atoms with van der Waals surface area (Å²) in [6, 6.07) is 0. The summed E-state index contributed by atoms with van der Waals surface area (Å²) in [4.78, 5) is 26.6. The number of carbonyl (C=O) groups is 1.